The van der Waals surface area contributed by atoms with Crippen molar-refractivity contribution in [2.24, 2.45) is 0 Å². The van der Waals surface area contributed by atoms with Crippen LogP contribution in [0.4, 0.5) is 0 Å². The number of methoxy groups -OCH3 is 1. The van der Waals surface area contributed by atoms with Crippen molar-refractivity contribution in [2.45, 2.75) is 12.3 Å². The molecule has 4 N–H and O–H groups in total. The predicted octanol–water partition coefficient (Wildman–Crippen LogP) is 5.23. The Kier molecular flexibility index (Phi) is 6.75. The smallest absolute Gasteiger partial charge is 0.335 e. The van der Waals surface area contributed by atoms with Crippen molar-refractivity contribution in [1.29, 1.82) is 0 Å². The van der Waals surface area contributed by atoms with Crippen molar-refractivity contribution >= 4 is 22.9 Å². The molecule has 40 heavy (non-hydrogen) atoms. The van der Waals surface area contributed by atoms with Gasteiger partial charge in [-0.3, -0.25) is 9.59 Å². The molecule has 0 radical (unpaired) electrons. The van der Waals surface area contributed by atoms with Crippen molar-refractivity contribution in [1.82, 2.24) is 0 Å². The van der Waals surface area contributed by atoms with Crippen molar-refractivity contribution in [2.75, 3.05) is 7.11 Å². The van der Waals surface area contributed by atoms with E-state index >= 15 is 0 Å². The number of hydrogen-bond acceptors (Lipinski definition) is 9. The predicted molar refractivity (Wildman–Crippen MR) is 142 cm³/mol. The summed E-state index contributed by atoms with van der Waals surface area (Å²) in [6, 6.07) is 18.8. The Morgan fingerprint density at radius 3 is 2.15 bits per heavy atom. The summed E-state index contributed by atoms with van der Waals surface area (Å²) in [5.41, 5.74) is 0.0381. The van der Waals surface area contributed by atoms with Gasteiger partial charge in [0.15, 0.2) is 16.9 Å². The normalized spacial score (nSPS) is 11.8. The molecule has 0 aliphatic heterocycles. The number of ether oxygens (including phenoxy) is 1. The summed E-state index contributed by atoms with van der Waals surface area (Å²) in [4.78, 5) is 36.8. The minimum atomic E-state index is -1.14. The van der Waals surface area contributed by atoms with Crippen LogP contribution in [0.3, 0.4) is 0 Å². The first-order chi connectivity index (χ1) is 19.2. The molecular weight excluding hydrogens is 520 g/mol. The molecule has 5 rings (SSSR count). The summed E-state index contributed by atoms with van der Waals surface area (Å²) in [6.07, 6.45) is -0.395. The highest BCUT2D eigenvalue weighted by Crippen LogP contribution is 2.49. The Balaban J connectivity index is 1.73. The molecule has 0 unspecified atom stereocenters. The molecule has 0 amide bonds. The zero-order valence-corrected chi connectivity index (χ0v) is 21.0. The summed E-state index contributed by atoms with van der Waals surface area (Å²) in [5.74, 6) is -4.99. The maximum Gasteiger partial charge on any atom is 0.335 e. The van der Waals surface area contributed by atoms with Crippen LogP contribution in [0.5, 0.6) is 17.2 Å². The lowest BCUT2D eigenvalue weighted by Gasteiger charge is -2.19. The molecule has 0 saturated carbocycles. The number of carboxylic acids is 1. The lowest BCUT2D eigenvalue weighted by Crippen LogP contribution is -2.12. The standard InChI is InChI=1S/C30H22O10/c1-38-23(32)13-18(21-12-11-20(39-21)16-7-9-17(10-8-16)30(36)37)24-26(33)28(35)27(34)25-19(31)14-22(40-29(24)25)15-5-3-2-4-6-15/h2-12,14,18,33-35H,13H2,1H3,(H,36,37)/t18-/m0/s1. The molecule has 2 heterocycles. The molecule has 0 spiro atoms. The van der Waals surface area contributed by atoms with E-state index in [1.807, 2.05) is 0 Å². The number of esters is 1. The number of carbonyl (C=O) groups is 2. The highest BCUT2D eigenvalue weighted by atomic mass is 16.5. The molecule has 10 nitrogen and oxygen atoms in total. The molecular formula is C30H22O10. The number of phenols is 3. The fourth-order valence-corrected chi connectivity index (χ4v) is 4.51. The van der Waals surface area contributed by atoms with Crippen LogP contribution >= 0.6 is 0 Å². The van der Waals surface area contributed by atoms with E-state index < -0.39 is 52.3 Å². The van der Waals surface area contributed by atoms with E-state index in [1.54, 1.807) is 48.5 Å². The number of benzene rings is 3. The van der Waals surface area contributed by atoms with Gasteiger partial charge >= 0.3 is 11.9 Å². The Hall–Kier alpha value is -5.51. The van der Waals surface area contributed by atoms with Crippen LogP contribution in [-0.2, 0) is 9.53 Å². The van der Waals surface area contributed by atoms with Gasteiger partial charge in [-0.2, -0.15) is 0 Å². The molecule has 0 bridgehead atoms. The van der Waals surface area contributed by atoms with E-state index in [2.05, 4.69) is 0 Å². The van der Waals surface area contributed by atoms with Crippen molar-refractivity contribution in [3.05, 3.63) is 99.9 Å². The van der Waals surface area contributed by atoms with E-state index in [1.165, 1.54) is 25.3 Å². The third kappa shape index (κ3) is 4.62. The molecule has 5 aromatic rings. The van der Waals surface area contributed by atoms with Gasteiger partial charge in [-0.1, -0.05) is 42.5 Å². The molecule has 10 heteroatoms. The van der Waals surface area contributed by atoms with Gasteiger partial charge in [-0.15, -0.1) is 0 Å². The quantitative estimate of drug-likeness (QED) is 0.158. The monoisotopic (exact) mass is 542 g/mol. The topological polar surface area (TPSA) is 168 Å². The van der Waals surface area contributed by atoms with Crippen LogP contribution in [-0.4, -0.2) is 39.5 Å². The highest BCUT2D eigenvalue weighted by molar-refractivity contribution is 5.93. The molecule has 3 aromatic carbocycles. The summed E-state index contributed by atoms with van der Waals surface area (Å²) in [7, 11) is 1.18. The molecule has 1 atom stereocenters. The second-order valence-corrected chi connectivity index (χ2v) is 8.92. The number of aromatic hydroxyl groups is 3. The fraction of sp³-hybridized carbons (Fsp3) is 0.100. The van der Waals surface area contributed by atoms with Gasteiger partial charge in [-0.25, -0.2) is 4.79 Å². The fourth-order valence-electron chi connectivity index (χ4n) is 4.51. The third-order valence-corrected chi connectivity index (χ3v) is 6.52. The van der Waals surface area contributed by atoms with Crippen LogP contribution in [0.1, 0.15) is 34.0 Å². The van der Waals surface area contributed by atoms with Gasteiger partial charge in [0.25, 0.3) is 0 Å². The second-order valence-electron chi connectivity index (χ2n) is 8.92. The number of phenolic OH excluding ortho intramolecular Hbond substituents is 3. The Morgan fingerprint density at radius 2 is 1.50 bits per heavy atom. The average molecular weight is 542 g/mol. The molecule has 2 aromatic heterocycles. The number of carbonyl (C=O) groups excluding carboxylic acids is 1. The van der Waals surface area contributed by atoms with Gasteiger partial charge < -0.3 is 34.0 Å². The molecule has 0 aliphatic carbocycles. The van der Waals surface area contributed by atoms with Crippen LogP contribution < -0.4 is 5.43 Å². The van der Waals surface area contributed by atoms with Crippen LogP contribution in [0.15, 0.2) is 86.4 Å². The number of fused-ring (bicyclic) bond motifs is 1. The van der Waals surface area contributed by atoms with E-state index in [4.69, 9.17) is 18.7 Å². The first kappa shape index (κ1) is 26.1. The average Bonchev–Trinajstić information content (AvgIpc) is 3.45. The number of rotatable bonds is 7. The zero-order valence-electron chi connectivity index (χ0n) is 21.0. The Labute approximate surface area is 225 Å². The highest BCUT2D eigenvalue weighted by Gasteiger charge is 2.33. The van der Waals surface area contributed by atoms with E-state index in [0.29, 0.717) is 16.9 Å². The number of furan rings is 1. The van der Waals surface area contributed by atoms with Crippen molar-refractivity contribution in [3.63, 3.8) is 0 Å². The second kappa shape index (κ2) is 10.3. The maximum absolute atomic E-state index is 13.1. The van der Waals surface area contributed by atoms with Crippen LogP contribution in [0.25, 0.3) is 33.6 Å². The van der Waals surface area contributed by atoms with Crippen molar-refractivity contribution < 1.29 is 43.6 Å². The van der Waals surface area contributed by atoms with Gasteiger partial charge in [-0.05, 0) is 24.3 Å². The van der Waals surface area contributed by atoms with E-state index in [9.17, 15) is 29.7 Å². The first-order valence-electron chi connectivity index (χ1n) is 12.0. The maximum atomic E-state index is 13.1. The summed E-state index contributed by atoms with van der Waals surface area (Å²) in [5, 5.41) is 40.9. The molecule has 0 saturated heterocycles. The summed E-state index contributed by atoms with van der Waals surface area (Å²) < 4.78 is 16.9. The van der Waals surface area contributed by atoms with Gasteiger partial charge in [0.2, 0.25) is 5.75 Å². The van der Waals surface area contributed by atoms with Crippen LogP contribution in [0.2, 0.25) is 0 Å². The largest absolute Gasteiger partial charge is 0.504 e. The number of carboxylic acid groups (broad SMARTS) is 1. The third-order valence-electron chi connectivity index (χ3n) is 6.52. The molecule has 0 fully saturated rings. The van der Waals surface area contributed by atoms with Gasteiger partial charge in [0, 0.05) is 17.2 Å². The SMILES string of the molecule is COC(=O)C[C@@H](c1ccc(-c2ccc(C(=O)O)cc2)o1)c1c(O)c(O)c(O)c2c(=O)cc(-c3ccccc3)oc12. The lowest BCUT2D eigenvalue weighted by molar-refractivity contribution is -0.140. The molecule has 202 valence electrons. The van der Waals surface area contributed by atoms with Crippen molar-refractivity contribution in [3.8, 4) is 39.9 Å². The zero-order chi connectivity index (χ0) is 28.6. The minimum absolute atomic E-state index is 0.0827. The van der Waals surface area contributed by atoms with Crippen LogP contribution in [0, 0.1) is 0 Å². The Morgan fingerprint density at radius 1 is 0.825 bits per heavy atom. The summed E-state index contributed by atoms with van der Waals surface area (Å²) in [6.45, 7) is 0. The van der Waals surface area contributed by atoms with Gasteiger partial charge in [0.1, 0.15) is 28.2 Å². The number of hydrogen-bond donors (Lipinski definition) is 4. The molecule has 0 aliphatic rings. The Bertz CT molecular complexity index is 1800. The summed E-state index contributed by atoms with van der Waals surface area (Å²) >= 11 is 0. The minimum Gasteiger partial charge on any atom is -0.504 e. The lowest BCUT2D eigenvalue weighted by atomic mass is 9.90. The number of aromatic carboxylic acids is 1. The van der Waals surface area contributed by atoms with E-state index in [0.717, 1.165) is 6.07 Å². The van der Waals surface area contributed by atoms with E-state index in [-0.39, 0.29) is 28.2 Å². The first-order valence-corrected chi connectivity index (χ1v) is 12.0. The van der Waals surface area contributed by atoms with Gasteiger partial charge in [0.05, 0.1) is 30.6 Å².